The third kappa shape index (κ3) is 3.79. The molecule has 0 aliphatic heterocycles. The van der Waals surface area contributed by atoms with Crippen molar-refractivity contribution in [3.05, 3.63) is 35.4 Å². The average Bonchev–Trinajstić information content (AvgIpc) is 2.62. The molecule has 2 rings (SSSR count). The first kappa shape index (κ1) is 16.3. The van der Waals surface area contributed by atoms with Gasteiger partial charge in [-0.3, -0.25) is 0 Å². The van der Waals surface area contributed by atoms with Crippen LogP contribution < -0.4 is 0 Å². The molecule has 1 nitrogen and oxygen atoms in total. The lowest BCUT2D eigenvalue weighted by molar-refractivity contribution is -0.141. The minimum Gasteiger partial charge on any atom is -0.385 e. The first-order valence-corrected chi connectivity index (χ1v) is 7.76. The Balaban J connectivity index is 2.28. The van der Waals surface area contributed by atoms with Crippen LogP contribution >= 0.6 is 0 Å². The van der Waals surface area contributed by atoms with Crippen LogP contribution in [0.3, 0.4) is 0 Å². The standard InChI is InChI=1S/C17H23F3O/c1-2-6-13-7-5-11-16(21,12-10-13)14-8-3-4-9-15(14)17(18,19)20/h3-4,8-9,13,21H,2,5-7,10-12H2,1H3. The number of halogens is 3. The van der Waals surface area contributed by atoms with Crippen LogP contribution in [0.15, 0.2) is 24.3 Å². The van der Waals surface area contributed by atoms with Crippen LogP contribution in [0.5, 0.6) is 0 Å². The molecule has 1 aliphatic carbocycles. The van der Waals surface area contributed by atoms with Crippen LogP contribution in [-0.2, 0) is 11.8 Å². The van der Waals surface area contributed by atoms with E-state index in [1.807, 2.05) is 0 Å². The van der Waals surface area contributed by atoms with Crippen molar-refractivity contribution >= 4 is 0 Å². The minimum absolute atomic E-state index is 0.0506. The van der Waals surface area contributed by atoms with E-state index in [0.717, 1.165) is 38.2 Å². The van der Waals surface area contributed by atoms with Gasteiger partial charge in [-0.1, -0.05) is 44.4 Å². The lowest BCUT2D eigenvalue weighted by Crippen LogP contribution is -2.28. The highest BCUT2D eigenvalue weighted by atomic mass is 19.4. The Labute approximate surface area is 124 Å². The summed E-state index contributed by atoms with van der Waals surface area (Å²) in [6.07, 6.45) is 1.19. The van der Waals surface area contributed by atoms with E-state index in [0.29, 0.717) is 18.8 Å². The molecule has 1 aliphatic rings. The first-order valence-electron chi connectivity index (χ1n) is 7.76. The Hall–Kier alpha value is -1.03. The zero-order valence-corrected chi connectivity index (χ0v) is 12.4. The smallest absolute Gasteiger partial charge is 0.385 e. The third-order valence-electron chi connectivity index (χ3n) is 4.60. The van der Waals surface area contributed by atoms with Crippen LogP contribution in [0, 0.1) is 5.92 Å². The van der Waals surface area contributed by atoms with Gasteiger partial charge in [-0.25, -0.2) is 0 Å². The molecule has 1 aromatic carbocycles. The highest BCUT2D eigenvalue weighted by Gasteiger charge is 2.41. The second kappa shape index (κ2) is 6.39. The van der Waals surface area contributed by atoms with Gasteiger partial charge in [0, 0.05) is 0 Å². The molecule has 0 bridgehead atoms. The number of benzene rings is 1. The van der Waals surface area contributed by atoms with Crippen molar-refractivity contribution in [3.8, 4) is 0 Å². The molecule has 0 radical (unpaired) electrons. The molecule has 2 atom stereocenters. The monoisotopic (exact) mass is 300 g/mol. The predicted molar refractivity (Wildman–Crippen MR) is 76.8 cm³/mol. The molecule has 118 valence electrons. The molecule has 1 N–H and O–H groups in total. The normalized spacial score (nSPS) is 27.4. The summed E-state index contributed by atoms with van der Waals surface area (Å²) in [4.78, 5) is 0. The van der Waals surface area contributed by atoms with E-state index >= 15 is 0 Å². The topological polar surface area (TPSA) is 20.2 Å². The Kier molecular flexibility index (Phi) is 4.97. The SMILES string of the molecule is CCCC1CCCC(O)(c2ccccc2C(F)(F)F)CC1. The highest BCUT2D eigenvalue weighted by Crippen LogP contribution is 2.43. The average molecular weight is 300 g/mol. The van der Waals surface area contributed by atoms with Gasteiger partial charge in [-0.15, -0.1) is 0 Å². The number of hydrogen-bond acceptors (Lipinski definition) is 1. The molecule has 1 fully saturated rings. The Morgan fingerprint density at radius 1 is 1.19 bits per heavy atom. The molecular formula is C17H23F3O. The predicted octanol–water partition coefficient (Wildman–Crippen LogP) is 5.27. The number of rotatable bonds is 3. The first-order chi connectivity index (χ1) is 9.87. The molecule has 4 heteroatoms. The summed E-state index contributed by atoms with van der Waals surface area (Å²) < 4.78 is 39.5. The van der Waals surface area contributed by atoms with Gasteiger partial charge in [0.2, 0.25) is 0 Å². The van der Waals surface area contributed by atoms with Crippen molar-refractivity contribution in [2.45, 2.75) is 63.6 Å². The Bertz CT molecular complexity index is 469. The van der Waals surface area contributed by atoms with Crippen LogP contribution in [0.2, 0.25) is 0 Å². The molecule has 0 saturated heterocycles. The fourth-order valence-corrected chi connectivity index (χ4v) is 3.50. The summed E-state index contributed by atoms with van der Waals surface area (Å²) in [5, 5.41) is 10.9. The van der Waals surface area contributed by atoms with Crippen molar-refractivity contribution in [1.29, 1.82) is 0 Å². The molecule has 0 heterocycles. The molecule has 0 spiro atoms. The zero-order chi connectivity index (χ0) is 15.5. The molecule has 21 heavy (non-hydrogen) atoms. The van der Waals surface area contributed by atoms with E-state index in [-0.39, 0.29) is 5.56 Å². The lowest BCUT2D eigenvalue weighted by Gasteiger charge is -2.30. The number of alkyl halides is 3. The molecule has 0 amide bonds. The van der Waals surface area contributed by atoms with Crippen LogP contribution in [-0.4, -0.2) is 5.11 Å². The van der Waals surface area contributed by atoms with Gasteiger partial charge in [0.1, 0.15) is 0 Å². The summed E-state index contributed by atoms with van der Waals surface area (Å²) in [5.41, 5.74) is -1.98. The lowest BCUT2D eigenvalue weighted by atomic mass is 9.83. The van der Waals surface area contributed by atoms with Crippen molar-refractivity contribution in [2.75, 3.05) is 0 Å². The summed E-state index contributed by atoms with van der Waals surface area (Å²) in [5.74, 6) is 0.530. The Morgan fingerprint density at radius 3 is 2.57 bits per heavy atom. The number of aliphatic hydroxyl groups is 1. The summed E-state index contributed by atoms with van der Waals surface area (Å²) >= 11 is 0. The van der Waals surface area contributed by atoms with Crippen LogP contribution in [0.1, 0.15) is 63.0 Å². The largest absolute Gasteiger partial charge is 0.416 e. The Morgan fingerprint density at radius 2 is 1.90 bits per heavy atom. The maximum atomic E-state index is 13.2. The van der Waals surface area contributed by atoms with Gasteiger partial charge < -0.3 is 5.11 Å². The van der Waals surface area contributed by atoms with Gasteiger partial charge >= 0.3 is 6.18 Å². The van der Waals surface area contributed by atoms with Crippen molar-refractivity contribution < 1.29 is 18.3 Å². The van der Waals surface area contributed by atoms with Gasteiger partial charge in [0.05, 0.1) is 11.2 Å². The van der Waals surface area contributed by atoms with Gasteiger partial charge in [0.15, 0.2) is 0 Å². The summed E-state index contributed by atoms with van der Waals surface area (Å²) in [6, 6.07) is 5.47. The van der Waals surface area contributed by atoms with E-state index in [4.69, 9.17) is 0 Å². The van der Waals surface area contributed by atoms with Gasteiger partial charge in [-0.2, -0.15) is 13.2 Å². The van der Waals surface area contributed by atoms with Gasteiger partial charge in [0.25, 0.3) is 0 Å². The molecular weight excluding hydrogens is 277 g/mol. The zero-order valence-electron chi connectivity index (χ0n) is 12.4. The number of hydrogen-bond donors (Lipinski definition) is 1. The third-order valence-corrected chi connectivity index (χ3v) is 4.60. The van der Waals surface area contributed by atoms with Gasteiger partial charge in [-0.05, 0) is 43.2 Å². The highest BCUT2D eigenvalue weighted by molar-refractivity contribution is 5.34. The minimum atomic E-state index is -4.42. The molecule has 0 aromatic heterocycles. The molecule has 1 aromatic rings. The van der Waals surface area contributed by atoms with Crippen LogP contribution in [0.25, 0.3) is 0 Å². The molecule has 1 saturated carbocycles. The van der Waals surface area contributed by atoms with E-state index in [1.165, 1.54) is 12.1 Å². The summed E-state index contributed by atoms with van der Waals surface area (Å²) in [7, 11) is 0. The van der Waals surface area contributed by atoms with Crippen molar-refractivity contribution in [3.63, 3.8) is 0 Å². The fourth-order valence-electron chi connectivity index (χ4n) is 3.50. The van der Waals surface area contributed by atoms with E-state index in [9.17, 15) is 18.3 Å². The summed E-state index contributed by atoms with van der Waals surface area (Å²) in [6.45, 7) is 2.12. The quantitative estimate of drug-likeness (QED) is 0.754. The molecule has 2 unspecified atom stereocenters. The second-order valence-corrected chi connectivity index (χ2v) is 6.16. The maximum absolute atomic E-state index is 13.2. The second-order valence-electron chi connectivity index (χ2n) is 6.16. The van der Waals surface area contributed by atoms with Crippen LogP contribution in [0.4, 0.5) is 13.2 Å². The fraction of sp³-hybridized carbons (Fsp3) is 0.647. The van der Waals surface area contributed by atoms with Crippen molar-refractivity contribution in [1.82, 2.24) is 0 Å². The van der Waals surface area contributed by atoms with Crippen molar-refractivity contribution in [2.24, 2.45) is 5.92 Å². The maximum Gasteiger partial charge on any atom is 0.416 e. The van der Waals surface area contributed by atoms with E-state index in [1.54, 1.807) is 6.07 Å². The van der Waals surface area contributed by atoms with E-state index < -0.39 is 17.3 Å². The van der Waals surface area contributed by atoms with E-state index in [2.05, 4.69) is 6.92 Å².